The maximum atomic E-state index is 12.0. The first-order valence-electron chi connectivity index (χ1n) is 5.68. The van der Waals surface area contributed by atoms with Crippen LogP contribution in [0, 0.1) is 0 Å². The smallest absolute Gasteiger partial charge is 0.305 e. The number of pyridine rings is 1. The van der Waals surface area contributed by atoms with E-state index in [1.807, 2.05) is 0 Å². The zero-order chi connectivity index (χ0) is 13.2. The van der Waals surface area contributed by atoms with E-state index in [0.29, 0.717) is 12.8 Å². The van der Waals surface area contributed by atoms with E-state index in [1.54, 1.807) is 18.2 Å². The van der Waals surface area contributed by atoms with Gasteiger partial charge in [0.25, 0.3) is 5.91 Å². The Labute approximate surface area is 109 Å². The van der Waals surface area contributed by atoms with E-state index in [9.17, 15) is 9.59 Å². The van der Waals surface area contributed by atoms with Crippen molar-refractivity contribution < 1.29 is 14.7 Å². The number of hydrogen-bond donors (Lipinski definition) is 2. The Balaban J connectivity index is 2.08. The number of aromatic nitrogens is 1. The summed E-state index contributed by atoms with van der Waals surface area (Å²) in [5.74, 6) is -1.28. The fourth-order valence-corrected chi connectivity index (χ4v) is 2.24. The second-order valence-electron chi connectivity index (χ2n) is 4.50. The normalized spacial score (nSPS) is 16.7. The van der Waals surface area contributed by atoms with Gasteiger partial charge < -0.3 is 10.4 Å². The molecular weight excluding hydrogens is 256 g/mol. The molecule has 0 bridgehead atoms. The van der Waals surface area contributed by atoms with E-state index in [1.165, 1.54) is 0 Å². The molecule has 5 nitrogen and oxygen atoms in total. The highest BCUT2D eigenvalue weighted by atomic mass is 35.5. The van der Waals surface area contributed by atoms with Crippen LogP contribution in [0.3, 0.4) is 0 Å². The molecule has 1 aliphatic rings. The predicted octanol–water partition coefficient (Wildman–Crippen LogP) is 1.86. The van der Waals surface area contributed by atoms with Crippen molar-refractivity contribution in [1.29, 1.82) is 0 Å². The minimum Gasteiger partial charge on any atom is -0.481 e. The molecule has 0 aromatic carbocycles. The van der Waals surface area contributed by atoms with Crippen molar-refractivity contribution in [3.63, 3.8) is 0 Å². The molecule has 96 valence electrons. The minimum absolute atomic E-state index is 0.0562. The maximum Gasteiger partial charge on any atom is 0.305 e. The summed E-state index contributed by atoms with van der Waals surface area (Å²) in [6.07, 6.45) is 2.24. The van der Waals surface area contributed by atoms with Gasteiger partial charge in [0.15, 0.2) is 0 Å². The van der Waals surface area contributed by atoms with Gasteiger partial charge in [0.1, 0.15) is 10.8 Å². The zero-order valence-electron chi connectivity index (χ0n) is 9.65. The third kappa shape index (κ3) is 2.79. The Morgan fingerprint density at radius 2 is 2.17 bits per heavy atom. The summed E-state index contributed by atoms with van der Waals surface area (Å²) < 4.78 is 0. The average molecular weight is 269 g/mol. The first-order valence-corrected chi connectivity index (χ1v) is 6.05. The minimum atomic E-state index is -0.908. The Kier molecular flexibility index (Phi) is 3.52. The third-order valence-electron chi connectivity index (χ3n) is 3.13. The molecule has 1 heterocycles. The lowest BCUT2D eigenvalue weighted by Crippen LogP contribution is -2.54. The molecule has 2 N–H and O–H groups in total. The molecule has 18 heavy (non-hydrogen) atoms. The van der Waals surface area contributed by atoms with Crippen molar-refractivity contribution in [2.45, 2.75) is 31.2 Å². The van der Waals surface area contributed by atoms with Crippen LogP contribution in [0.1, 0.15) is 36.2 Å². The Morgan fingerprint density at radius 1 is 1.44 bits per heavy atom. The molecule has 1 aliphatic carbocycles. The Bertz CT molecular complexity index is 486. The summed E-state index contributed by atoms with van der Waals surface area (Å²) in [7, 11) is 0. The molecule has 1 aromatic rings. The summed E-state index contributed by atoms with van der Waals surface area (Å²) in [5, 5.41) is 11.9. The quantitative estimate of drug-likeness (QED) is 0.817. The highest BCUT2D eigenvalue weighted by molar-refractivity contribution is 6.29. The molecule has 6 heteroatoms. The first kappa shape index (κ1) is 12.8. The maximum absolute atomic E-state index is 12.0. The molecule has 0 unspecified atom stereocenters. The van der Waals surface area contributed by atoms with Gasteiger partial charge in [-0.3, -0.25) is 9.59 Å². The fourth-order valence-electron chi connectivity index (χ4n) is 2.08. The lowest BCUT2D eigenvalue weighted by atomic mass is 9.74. The van der Waals surface area contributed by atoms with Gasteiger partial charge in [-0.1, -0.05) is 17.7 Å². The molecule has 1 aromatic heterocycles. The number of carboxylic acids is 1. The topological polar surface area (TPSA) is 79.3 Å². The predicted molar refractivity (Wildman–Crippen MR) is 65.5 cm³/mol. The van der Waals surface area contributed by atoms with Gasteiger partial charge >= 0.3 is 5.97 Å². The van der Waals surface area contributed by atoms with Crippen LogP contribution in [0.5, 0.6) is 0 Å². The van der Waals surface area contributed by atoms with Crippen LogP contribution < -0.4 is 5.32 Å². The van der Waals surface area contributed by atoms with Gasteiger partial charge in [0.05, 0.1) is 12.0 Å². The molecule has 0 atom stereocenters. The van der Waals surface area contributed by atoms with E-state index >= 15 is 0 Å². The van der Waals surface area contributed by atoms with Crippen molar-refractivity contribution in [3.8, 4) is 0 Å². The molecule has 0 spiro atoms. The highest BCUT2D eigenvalue weighted by Crippen LogP contribution is 2.35. The lowest BCUT2D eigenvalue weighted by Gasteiger charge is -2.41. The number of carboxylic acid groups (broad SMARTS) is 1. The van der Waals surface area contributed by atoms with Crippen LogP contribution in [0.25, 0.3) is 0 Å². The van der Waals surface area contributed by atoms with Gasteiger partial charge in [-0.25, -0.2) is 4.98 Å². The van der Waals surface area contributed by atoms with Crippen molar-refractivity contribution in [2.24, 2.45) is 0 Å². The van der Waals surface area contributed by atoms with E-state index in [2.05, 4.69) is 10.3 Å². The van der Waals surface area contributed by atoms with Crippen molar-refractivity contribution >= 4 is 23.5 Å². The summed E-state index contributed by atoms with van der Waals surface area (Å²) in [6.45, 7) is 0. The second-order valence-corrected chi connectivity index (χ2v) is 4.89. The summed E-state index contributed by atoms with van der Waals surface area (Å²) in [6, 6.07) is 4.76. The molecular formula is C12H13ClN2O3. The van der Waals surface area contributed by atoms with Crippen LogP contribution in [0.4, 0.5) is 0 Å². The Morgan fingerprint density at radius 3 is 2.67 bits per heavy atom. The number of rotatable bonds is 4. The number of aliphatic carboxylic acids is 1. The average Bonchev–Trinajstić information content (AvgIpc) is 2.25. The molecule has 1 saturated carbocycles. The number of nitrogens with one attached hydrogen (secondary N) is 1. The first-order chi connectivity index (χ1) is 8.51. The molecule has 0 radical (unpaired) electrons. The SMILES string of the molecule is O=C(O)CC1(NC(=O)c2cccc(Cl)n2)CCC1. The lowest BCUT2D eigenvalue weighted by molar-refractivity contribution is -0.139. The van der Waals surface area contributed by atoms with E-state index in [4.69, 9.17) is 16.7 Å². The van der Waals surface area contributed by atoms with Gasteiger partial charge in [-0.2, -0.15) is 0 Å². The van der Waals surface area contributed by atoms with Gasteiger partial charge in [-0.15, -0.1) is 0 Å². The Hall–Kier alpha value is -1.62. The van der Waals surface area contributed by atoms with E-state index in [-0.39, 0.29) is 23.2 Å². The fraction of sp³-hybridized carbons (Fsp3) is 0.417. The number of amides is 1. The van der Waals surface area contributed by atoms with Gasteiger partial charge in [0, 0.05) is 0 Å². The third-order valence-corrected chi connectivity index (χ3v) is 3.34. The number of nitrogens with zero attached hydrogens (tertiary/aromatic N) is 1. The molecule has 0 aliphatic heterocycles. The van der Waals surface area contributed by atoms with Crippen molar-refractivity contribution in [3.05, 3.63) is 29.0 Å². The van der Waals surface area contributed by atoms with Gasteiger partial charge in [-0.05, 0) is 31.4 Å². The number of hydrogen-bond acceptors (Lipinski definition) is 3. The van der Waals surface area contributed by atoms with Crippen LogP contribution >= 0.6 is 11.6 Å². The highest BCUT2D eigenvalue weighted by Gasteiger charge is 2.40. The number of halogens is 1. The number of carbonyl (C=O) groups is 2. The van der Waals surface area contributed by atoms with Crippen LogP contribution in [0.15, 0.2) is 18.2 Å². The van der Waals surface area contributed by atoms with Crippen LogP contribution in [-0.4, -0.2) is 27.5 Å². The van der Waals surface area contributed by atoms with E-state index in [0.717, 1.165) is 6.42 Å². The van der Waals surface area contributed by atoms with Crippen LogP contribution in [0.2, 0.25) is 5.15 Å². The summed E-state index contributed by atoms with van der Waals surface area (Å²) >= 11 is 5.71. The van der Waals surface area contributed by atoms with E-state index < -0.39 is 11.5 Å². The number of carbonyl (C=O) groups excluding carboxylic acids is 1. The van der Waals surface area contributed by atoms with Gasteiger partial charge in [0.2, 0.25) is 0 Å². The summed E-state index contributed by atoms with van der Waals surface area (Å²) in [5.41, 5.74) is -0.411. The largest absolute Gasteiger partial charge is 0.481 e. The van der Waals surface area contributed by atoms with Crippen LogP contribution in [-0.2, 0) is 4.79 Å². The van der Waals surface area contributed by atoms with Crippen molar-refractivity contribution in [2.75, 3.05) is 0 Å². The standard InChI is InChI=1S/C12H13ClN2O3/c13-9-4-1-3-8(14-9)11(18)15-12(5-2-6-12)7-10(16)17/h1,3-4H,2,5-7H2,(H,15,18)(H,16,17). The molecule has 1 fully saturated rings. The monoisotopic (exact) mass is 268 g/mol. The summed E-state index contributed by atoms with van der Waals surface area (Å²) in [4.78, 5) is 26.7. The van der Waals surface area contributed by atoms with Crippen molar-refractivity contribution in [1.82, 2.24) is 10.3 Å². The molecule has 1 amide bonds. The second kappa shape index (κ2) is 4.94. The molecule has 0 saturated heterocycles. The zero-order valence-corrected chi connectivity index (χ0v) is 10.4. The molecule has 2 rings (SSSR count).